The van der Waals surface area contributed by atoms with Crippen molar-refractivity contribution in [2.45, 2.75) is 19.3 Å². The summed E-state index contributed by atoms with van der Waals surface area (Å²) in [4.78, 5) is 4.42. The number of nitrogens with two attached hydrogens (primary N) is 1. The molecule has 0 aliphatic rings. The van der Waals surface area contributed by atoms with Crippen molar-refractivity contribution >= 4 is 0 Å². The van der Waals surface area contributed by atoms with Gasteiger partial charge in [-0.2, -0.15) is 5.10 Å². The van der Waals surface area contributed by atoms with Gasteiger partial charge < -0.3 is 4.84 Å². The van der Waals surface area contributed by atoms with E-state index in [1.165, 1.54) is 4.68 Å². The Morgan fingerprint density at radius 3 is 2.79 bits per heavy atom. The molecule has 0 saturated heterocycles. The Balaban J connectivity index is 2.94. The summed E-state index contributed by atoms with van der Waals surface area (Å²) in [5, 5.41) is 3.68. The molecule has 1 heterocycles. The third kappa shape index (κ3) is 2.27. The molecule has 0 spiro atoms. The number of halogens is 2. The molecule has 0 aliphatic heterocycles. The number of alkyl halides is 2. The molecular formula is C8H13F2N3O. The van der Waals surface area contributed by atoms with Gasteiger partial charge >= 0.3 is 0 Å². The molecule has 0 aromatic carbocycles. The van der Waals surface area contributed by atoms with E-state index in [1.807, 2.05) is 0 Å². The predicted octanol–water partition coefficient (Wildman–Crippen LogP) is 1.35. The summed E-state index contributed by atoms with van der Waals surface area (Å²) in [6.07, 6.45) is -1.00. The first-order valence-electron chi connectivity index (χ1n) is 4.19. The second kappa shape index (κ2) is 4.47. The zero-order valence-electron chi connectivity index (χ0n) is 8.08. The highest BCUT2D eigenvalue weighted by Crippen LogP contribution is 2.26. The van der Waals surface area contributed by atoms with Crippen LogP contribution in [0.5, 0.6) is 0 Å². The van der Waals surface area contributed by atoms with Crippen LogP contribution in [0.3, 0.4) is 0 Å². The van der Waals surface area contributed by atoms with Crippen LogP contribution in [0.15, 0.2) is 6.20 Å². The number of rotatable bonds is 4. The van der Waals surface area contributed by atoms with Crippen LogP contribution in [-0.4, -0.2) is 16.4 Å². The normalized spacial score (nSPS) is 13.6. The standard InChI is InChI=1S/C8H13F2N3O/c1-5(4-14-11)6-3-13(2)12-7(6)8(9)10/h3,5,8H,4,11H2,1-2H3. The molecule has 2 N–H and O–H groups in total. The minimum Gasteiger partial charge on any atom is -0.304 e. The maximum Gasteiger partial charge on any atom is 0.282 e. The molecule has 80 valence electrons. The molecule has 1 aromatic rings. The summed E-state index contributed by atoms with van der Waals surface area (Å²) in [5.74, 6) is 4.70. The first-order valence-corrected chi connectivity index (χ1v) is 4.19. The van der Waals surface area contributed by atoms with Crippen molar-refractivity contribution in [2.24, 2.45) is 12.9 Å². The highest BCUT2D eigenvalue weighted by Gasteiger charge is 2.21. The van der Waals surface area contributed by atoms with Gasteiger partial charge in [0.2, 0.25) is 0 Å². The minimum atomic E-state index is -2.56. The third-order valence-corrected chi connectivity index (χ3v) is 1.97. The van der Waals surface area contributed by atoms with Gasteiger partial charge in [0, 0.05) is 24.7 Å². The van der Waals surface area contributed by atoms with Gasteiger partial charge in [-0.25, -0.2) is 14.7 Å². The smallest absolute Gasteiger partial charge is 0.282 e. The Bertz CT molecular complexity index is 301. The highest BCUT2D eigenvalue weighted by atomic mass is 19.3. The predicted molar refractivity (Wildman–Crippen MR) is 46.7 cm³/mol. The van der Waals surface area contributed by atoms with Gasteiger partial charge in [-0.3, -0.25) is 4.68 Å². The summed E-state index contributed by atoms with van der Waals surface area (Å²) in [7, 11) is 1.60. The molecule has 1 rings (SSSR count). The number of aromatic nitrogens is 2. The zero-order chi connectivity index (χ0) is 10.7. The molecule has 0 radical (unpaired) electrons. The largest absolute Gasteiger partial charge is 0.304 e. The Hall–Kier alpha value is -1.01. The van der Waals surface area contributed by atoms with Crippen molar-refractivity contribution in [3.8, 4) is 0 Å². The number of aryl methyl sites for hydroxylation is 1. The van der Waals surface area contributed by atoms with Crippen LogP contribution < -0.4 is 5.90 Å². The fourth-order valence-electron chi connectivity index (χ4n) is 1.31. The van der Waals surface area contributed by atoms with E-state index in [0.29, 0.717) is 5.56 Å². The maximum absolute atomic E-state index is 12.5. The van der Waals surface area contributed by atoms with E-state index in [9.17, 15) is 8.78 Å². The van der Waals surface area contributed by atoms with E-state index in [-0.39, 0.29) is 18.2 Å². The fourth-order valence-corrected chi connectivity index (χ4v) is 1.31. The minimum absolute atomic E-state index is 0.183. The van der Waals surface area contributed by atoms with E-state index in [2.05, 4.69) is 9.94 Å². The molecule has 1 aromatic heterocycles. The third-order valence-electron chi connectivity index (χ3n) is 1.97. The summed E-state index contributed by atoms with van der Waals surface area (Å²) >= 11 is 0. The summed E-state index contributed by atoms with van der Waals surface area (Å²) in [5.41, 5.74) is 0.282. The molecular weight excluding hydrogens is 192 g/mol. The monoisotopic (exact) mass is 205 g/mol. The van der Waals surface area contributed by atoms with Crippen molar-refractivity contribution in [2.75, 3.05) is 6.61 Å². The van der Waals surface area contributed by atoms with Gasteiger partial charge in [-0.1, -0.05) is 6.92 Å². The molecule has 4 nitrogen and oxygen atoms in total. The second-order valence-corrected chi connectivity index (χ2v) is 3.18. The lowest BCUT2D eigenvalue weighted by atomic mass is 10.0. The molecule has 0 amide bonds. The SMILES string of the molecule is CC(CON)c1cn(C)nc1C(F)F. The van der Waals surface area contributed by atoms with Gasteiger partial charge in [0.15, 0.2) is 0 Å². The topological polar surface area (TPSA) is 53.1 Å². The van der Waals surface area contributed by atoms with Crippen LogP contribution in [0.4, 0.5) is 8.78 Å². The number of nitrogens with zero attached hydrogens (tertiary/aromatic N) is 2. The quantitative estimate of drug-likeness (QED) is 0.755. The van der Waals surface area contributed by atoms with Crippen molar-refractivity contribution in [3.05, 3.63) is 17.5 Å². The maximum atomic E-state index is 12.5. The van der Waals surface area contributed by atoms with Crippen molar-refractivity contribution in [3.63, 3.8) is 0 Å². The van der Waals surface area contributed by atoms with E-state index in [0.717, 1.165) is 0 Å². The van der Waals surface area contributed by atoms with Crippen LogP contribution >= 0.6 is 0 Å². The van der Waals surface area contributed by atoms with Gasteiger partial charge in [-0.15, -0.1) is 0 Å². The van der Waals surface area contributed by atoms with Crippen molar-refractivity contribution in [1.29, 1.82) is 0 Å². The van der Waals surface area contributed by atoms with E-state index < -0.39 is 6.43 Å². The zero-order valence-corrected chi connectivity index (χ0v) is 8.08. The van der Waals surface area contributed by atoms with E-state index in [4.69, 9.17) is 5.90 Å². The van der Waals surface area contributed by atoms with E-state index in [1.54, 1.807) is 20.2 Å². The Kier molecular flexibility index (Phi) is 3.54. The van der Waals surface area contributed by atoms with Crippen LogP contribution in [-0.2, 0) is 11.9 Å². The first kappa shape index (κ1) is 11.1. The number of hydrogen-bond acceptors (Lipinski definition) is 3. The fraction of sp³-hybridized carbons (Fsp3) is 0.625. The Labute approximate surface area is 80.6 Å². The molecule has 0 saturated carbocycles. The lowest BCUT2D eigenvalue weighted by molar-refractivity contribution is 0.121. The van der Waals surface area contributed by atoms with Gasteiger partial charge in [-0.05, 0) is 0 Å². The van der Waals surface area contributed by atoms with Gasteiger partial charge in [0.25, 0.3) is 6.43 Å². The van der Waals surface area contributed by atoms with Crippen molar-refractivity contribution < 1.29 is 13.6 Å². The molecule has 6 heteroatoms. The van der Waals surface area contributed by atoms with E-state index >= 15 is 0 Å². The molecule has 0 bridgehead atoms. The molecule has 1 unspecified atom stereocenters. The summed E-state index contributed by atoms with van der Waals surface area (Å²) in [6.45, 7) is 1.96. The summed E-state index contributed by atoms with van der Waals surface area (Å²) in [6, 6.07) is 0. The van der Waals surface area contributed by atoms with Crippen LogP contribution in [0.25, 0.3) is 0 Å². The second-order valence-electron chi connectivity index (χ2n) is 3.18. The van der Waals surface area contributed by atoms with Crippen LogP contribution in [0, 0.1) is 0 Å². The van der Waals surface area contributed by atoms with Crippen LogP contribution in [0.1, 0.15) is 30.5 Å². The average Bonchev–Trinajstić information content (AvgIpc) is 2.48. The molecule has 14 heavy (non-hydrogen) atoms. The summed E-state index contributed by atoms with van der Waals surface area (Å²) < 4.78 is 26.4. The average molecular weight is 205 g/mol. The first-order chi connectivity index (χ1) is 6.56. The lowest BCUT2D eigenvalue weighted by Gasteiger charge is -2.08. The number of hydrogen-bond donors (Lipinski definition) is 1. The highest BCUT2D eigenvalue weighted by molar-refractivity contribution is 5.22. The molecule has 0 fully saturated rings. The molecule has 0 aliphatic carbocycles. The lowest BCUT2D eigenvalue weighted by Crippen LogP contribution is -2.09. The van der Waals surface area contributed by atoms with Gasteiger partial charge in [0.1, 0.15) is 5.69 Å². The molecule has 1 atom stereocenters. The Morgan fingerprint density at radius 1 is 1.64 bits per heavy atom. The Morgan fingerprint density at radius 2 is 2.29 bits per heavy atom. The van der Waals surface area contributed by atoms with Gasteiger partial charge in [0.05, 0.1) is 6.61 Å². The van der Waals surface area contributed by atoms with Crippen LogP contribution in [0.2, 0.25) is 0 Å². The van der Waals surface area contributed by atoms with Crippen molar-refractivity contribution in [1.82, 2.24) is 9.78 Å².